The van der Waals surface area contributed by atoms with Crippen LogP contribution in [0.4, 0.5) is 20.2 Å². The van der Waals surface area contributed by atoms with Crippen molar-refractivity contribution in [1.29, 1.82) is 5.26 Å². The lowest BCUT2D eigenvalue weighted by molar-refractivity contribution is 0.583. The molecule has 0 heterocycles. The van der Waals surface area contributed by atoms with E-state index in [1.807, 2.05) is 4.72 Å². The highest BCUT2D eigenvalue weighted by Crippen LogP contribution is 2.27. The van der Waals surface area contributed by atoms with E-state index in [1.54, 1.807) is 6.07 Å². The van der Waals surface area contributed by atoms with E-state index in [-0.39, 0.29) is 10.5 Å². The molecule has 0 spiro atoms. The number of nitrogens with zero attached hydrogens (tertiary/aromatic N) is 1. The van der Waals surface area contributed by atoms with Gasteiger partial charge in [-0.3, -0.25) is 4.72 Å². The number of hydrogen-bond donors (Lipinski definition) is 2. The average Bonchev–Trinajstić information content (AvgIpc) is 2.43. The van der Waals surface area contributed by atoms with E-state index in [9.17, 15) is 17.2 Å². The average molecular weight is 309 g/mol. The highest BCUT2D eigenvalue weighted by Gasteiger charge is 2.21. The first-order valence-corrected chi connectivity index (χ1v) is 7.10. The summed E-state index contributed by atoms with van der Waals surface area (Å²) in [5, 5.41) is 8.90. The van der Waals surface area contributed by atoms with Crippen LogP contribution in [0.3, 0.4) is 0 Å². The number of sulfonamides is 1. The van der Waals surface area contributed by atoms with Gasteiger partial charge in [0.1, 0.15) is 22.5 Å². The van der Waals surface area contributed by atoms with Crippen LogP contribution in [-0.4, -0.2) is 8.42 Å². The van der Waals surface area contributed by atoms with Crippen molar-refractivity contribution >= 4 is 21.4 Å². The zero-order valence-corrected chi connectivity index (χ0v) is 11.3. The predicted octanol–water partition coefficient (Wildman–Crippen LogP) is 2.22. The predicted molar refractivity (Wildman–Crippen MR) is 72.7 cm³/mol. The molecule has 2 aromatic rings. The topological polar surface area (TPSA) is 96.0 Å². The van der Waals surface area contributed by atoms with Crippen LogP contribution in [0.2, 0.25) is 0 Å². The molecule has 0 aromatic heterocycles. The Balaban J connectivity index is 2.51. The fourth-order valence-electron chi connectivity index (χ4n) is 1.68. The number of nitrogens with one attached hydrogen (secondary N) is 1. The zero-order valence-electron chi connectivity index (χ0n) is 10.5. The monoisotopic (exact) mass is 309 g/mol. The van der Waals surface area contributed by atoms with Crippen molar-refractivity contribution in [1.82, 2.24) is 0 Å². The van der Waals surface area contributed by atoms with Gasteiger partial charge in [0.15, 0.2) is 5.82 Å². The van der Waals surface area contributed by atoms with Crippen molar-refractivity contribution in [3.8, 4) is 6.07 Å². The third kappa shape index (κ3) is 2.93. The van der Waals surface area contributed by atoms with Gasteiger partial charge < -0.3 is 5.73 Å². The minimum absolute atomic E-state index is 0.105. The maximum absolute atomic E-state index is 13.6. The summed E-state index contributed by atoms with van der Waals surface area (Å²) in [5.41, 5.74) is 4.34. The number of nitrogen functional groups attached to an aromatic ring is 1. The van der Waals surface area contributed by atoms with Gasteiger partial charge in [0.25, 0.3) is 10.0 Å². The van der Waals surface area contributed by atoms with Crippen molar-refractivity contribution in [2.75, 3.05) is 10.5 Å². The first-order chi connectivity index (χ1) is 9.85. The number of hydrogen-bond acceptors (Lipinski definition) is 4. The van der Waals surface area contributed by atoms with Gasteiger partial charge in [-0.15, -0.1) is 0 Å². The third-order valence-corrected chi connectivity index (χ3v) is 4.03. The molecule has 0 radical (unpaired) electrons. The summed E-state index contributed by atoms with van der Waals surface area (Å²) in [6.07, 6.45) is 0. The standard InChI is InChI=1S/C13H9F2N3O2S/c14-9-5-10(15)13(11(17)6-9)18-21(19,20)12-4-2-1-3-8(12)7-16/h1-6,18H,17H2. The Bertz CT molecular complexity index is 822. The number of nitriles is 1. The van der Waals surface area contributed by atoms with Gasteiger partial charge in [-0.05, 0) is 18.2 Å². The van der Waals surface area contributed by atoms with Crippen LogP contribution < -0.4 is 10.5 Å². The van der Waals surface area contributed by atoms with Gasteiger partial charge in [0, 0.05) is 6.07 Å². The first-order valence-electron chi connectivity index (χ1n) is 5.61. The lowest BCUT2D eigenvalue weighted by atomic mass is 10.2. The number of halogens is 2. The molecule has 0 unspecified atom stereocenters. The van der Waals surface area contributed by atoms with E-state index in [4.69, 9.17) is 11.0 Å². The second-order valence-corrected chi connectivity index (χ2v) is 5.72. The van der Waals surface area contributed by atoms with E-state index in [0.29, 0.717) is 6.07 Å². The van der Waals surface area contributed by atoms with E-state index in [0.717, 1.165) is 6.07 Å². The Morgan fingerprint density at radius 3 is 2.48 bits per heavy atom. The molecule has 0 amide bonds. The second kappa shape index (κ2) is 5.38. The number of nitrogens with two attached hydrogens (primary N) is 1. The van der Waals surface area contributed by atoms with Crippen LogP contribution in [0.15, 0.2) is 41.3 Å². The van der Waals surface area contributed by atoms with Crippen molar-refractivity contribution in [2.24, 2.45) is 0 Å². The SMILES string of the molecule is N#Cc1ccccc1S(=O)(=O)Nc1c(N)cc(F)cc1F. The maximum atomic E-state index is 13.6. The van der Waals surface area contributed by atoms with Crippen LogP contribution in [0.5, 0.6) is 0 Å². The lowest BCUT2D eigenvalue weighted by Crippen LogP contribution is -2.16. The molecular weight excluding hydrogens is 300 g/mol. The first kappa shape index (κ1) is 14.7. The van der Waals surface area contributed by atoms with Crippen LogP contribution in [0.1, 0.15) is 5.56 Å². The normalized spacial score (nSPS) is 10.9. The number of anilines is 2. The molecule has 0 atom stereocenters. The molecule has 108 valence electrons. The second-order valence-electron chi connectivity index (χ2n) is 4.07. The summed E-state index contributed by atoms with van der Waals surface area (Å²) in [4.78, 5) is -0.323. The quantitative estimate of drug-likeness (QED) is 0.850. The Morgan fingerprint density at radius 1 is 1.19 bits per heavy atom. The van der Waals surface area contributed by atoms with Gasteiger partial charge in [0.05, 0.1) is 11.3 Å². The van der Waals surface area contributed by atoms with Gasteiger partial charge >= 0.3 is 0 Å². The fraction of sp³-hybridized carbons (Fsp3) is 0. The molecule has 0 fully saturated rings. The Labute approximate surface area is 119 Å². The van der Waals surface area contributed by atoms with Crippen LogP contribution in [0, 0.1) is 23.0 Å². The minimum Gasteiger partial charge on any atom is -0.397 e. The summed E-state index contributed by atoms with van der Waals surface area (Å²) in [6, 6.07) is 8.42. The Hall–Kier alpha value is -2.66. The summed E-state index contributed by atoms with van der Waals surface area (Å²) in [5.74, 6) is -2.07. The van der Waals surface area contributed by atoms with E-state index < -0.39 is 33.0 Å². The molecule has 0 saturated heterocycles. The van der Waals surface area contributed by atoms with Crippen LogP contribution in [0.25, 0.3) is 0 Å². The van der Waals surface area contributed by atoms with Crippen molar-refractivity contribution in [3.63, 3.8) is 0 Å². The van der Waals surface area contributed by atoms with Crippen molar-refractivity contribution in [3.05, 3.63) is 53.6 Å². The highest BCUT2D eigenvalue weighted by molar-refractivity contribution is 7.92. The molecule has 5 nitrogen and oxygen atoms in total. The molecule has 0 aliphatic carbocycles. The molecule has 0 bridgehead atoms. The molecule has 0 aliphatic heterocycles. The summed E-state index contributed by atoms with van der Waals surface area (Å²) < 4.78 is 52.9. The van der Waals surface area contributed by atoms with E-state index >= 15 is 0 Å². The van der Waals surface area contributed by atoms with Gasteiger partial charge in [0.2, 0.25) is 0 Å². The number of benzene rings is 2. The Morgan fingerprint density at radius 2 is 1.86 bits per heavy atom. The molecule has 2 aromatic carbocycles. The summed E-state index contributed by atoms with van der Waals surface area (Å²) >= 11 is 0. The molecule has 0 aliphatic rings. The van der Waals surface area contributed by atoms with Crippen LogP contribution in [-0.2, 0) is 10.0 Å². The lowest BCUT2D eigenvalue weighted by Gasteiger charge is -2.12. The fourth-order valence-corrected chi connectivity index (χ4v) is 2.94. The highest BCUT2D eigenvalue weighted by atomic mass is 32.2. The van der Waals surface area contributed by atoms with E-state index in [1.165, 1.54) is 24.3 Å². The number of rotatable bonds is 3. The zero-order chi connectivity index (χ0) is 15.6. The van der Waals surface area contributed by atoms with Gasteiger partial charge in [-0.2, -0.15) is 5.26 Å². The van der Waals surface area contributed by atoms with Crippen molar-refractivity contribution < 1.29 is 17.2 Å². The molecule has 2 rings (SSSR count). The molecular formula is C13H9F2N3O2S. The minimum atomic E-state index is -4.23. The summed E-state index contributed by atoms with van der Waals surface area (Å²) in [7, 11) is -4.23. The summed E-state index contributed by atoms with van der Waals surface area (Å²) in [6.45, 7) is 0. The molecule has 8 heteroatoms. The maximum Gasteiger partial charge on any atom is 0.263 e. The van der Waals surface area contributed by atoms with Gasteiger partial charge in [-0.25, -0.2) is 17.2 Å². The van der Waals surface area contributed by atoms with Crippen LogP contribution >= 0.6 is 0 Å². The largest absolute Gasteiger partial charge is 0.397 e. The van der Waals surface area contributed by atoms with E-state index in [2.05, 4.69) is 0 Å². The van der Waals surface area contributed by atoms with Gasteiger partial charge in [-0.1, -0.05) is 12.1 Å². The van der Waals surface area contributed by atoms with Crippen molar-refractivity contribution in [2.45, 2.75) is 4.90 Å². The molecule has 3 N–H and O–H groups in total. The third-order valence-electron chi connectivity index (χ3n) is 2.62. The Kier molecular flexibility index (Phi) is 3.78. The molecule has 21 heavy (non-hydrogen) atoms. The smallest absolute Gasteiger partial charge is 0.263 e. The molecule has 0 saturated carbocycles.